The number of piperidine rings is 1. The van der Waals surface area contributed by atoms with Gasteiger partial charge in [-0.2, -0.15) is 0 Å². The standard InChI is InChI=1S/C19H27N3O/c1-13-14(2)22-18-5-3-16(11-17(13)18)12-21-19(23)6-4-15-7-9-20-10-8-15/h3,5,11,15,20,22H,4,6-10,12H2,1-2H3,(H,21,23). The lowest BCUT2D eigenvalue weighted by Gasteiger charge is -2.22. The molecule has 1 aliphatic rings. The fraction of sp³-hybridized carbons (Fsp3) is 0.526. The molecule has 0 aliphatic carbocycles. The molecule has 2 aromatic rings. The van der Waals surface area contributed by atoms with Crippen LogP contribution in [0.3, 0.4) is 0 Å². The zero-order valence-electron chi connectivity index (χ0n) is 14.2. The van der Waals surface area contributed by atoms with E-state index in [0.717, 1.165) is 25.1 Å². The van der Waals surface area contributed by atoms with Crippen LogP contribution in [0, 0.1) is 19.8 Å². The van der Waals surface area contributed by atoms with Gasteiger partial charge in [-0.05, 0) is 75.4 Å². The second-order valence-electron chi connectivity index (χ2n) is 6.76. The molecule has 0 atom stereocenters. The van der Waals surface area contributed by atoms with Gasteiger partial charge in [-0.25, -0.2) is 0 Å². The van der Waals surface area contributed by atoms with Crippen LogP contribution in [0.2, 0.25) is 0 Å². The third kappa shape index (κ3) is 3.94. The summed E-state index contributed by atoms with van der Waals surface area (Å²) in [6, 6.07) is 6.37. The number of aromatic amines is 1. The average Bonchev–Trinajstić information content (AvgIpc) is 2.86. The Morgan fingerprint density at radius 2 is 2.04 bits per heavy atom. The Balaban J connectivity index is 1.51. The largest absolute Gasteiger partial charge is 0.358 e. The van der Waals surface area contributed by atoms with Crippen molar-refractivity contribution in [2.75, 3.05) is 13.1 Å². The SMILES string of the molecule is Cc1[nH]c2ccc(CNC(=O)CCC3CCNCC3)cc2c1C. The highest BCUT2D eigenvalue weighted by atomic mass is 16.1. The normalized spacial score (nSPS) is 15.9. The molecule has 1 aromatic carbocycles. The van der Waals surface area contributed by atoms with E-state index >= 15 is 0 Å². The molecule has 1 aliphatic heterocycles. The molecule has 4 heteroatoms. The van der Waals surface area contributed by atoms with E-state index in [1.54, 1.807) is 0 Å². The molecule has 1 amide bonds. The van der Waals surface area contributed by atoms with Gasteiger partial charge in [0.15, 0.2) is 0 Å². The van der Waals surface area contributed by atoms with E-state index in [9.17, 15) is 4.79 Å². The summed E-state index contributed by atoms with van der Waals surface area (Å²) in [4.78, 5) is 15.4. The van der Waals surface area contributed by atoms with Gasteiger partial charge < -0.3 is 15.6 Å². The third-order valence-electron chi connectivity index (χ3n) is 5.10. The molecular formula is C19H27N3O. The highest BCUT2D eigenvalue weighted by Gasteiger charge is 2.14. The number of aryl methyl sites for hydroxylation is 2. The summed E-state index contributed by atoms with van der Waals surface area (Å²) in [7, 11) is 0. The van der Waals surface area contributed by atoms with Crippen molar-refractivity contribution in [1.82, 2.24) is 15.6 Å². The number of hydrogen-bond donors (Lipinski definition) is 3. The number of carbonyl (C=O) groups excluding carboxylic acids is 1. The zero-order valence-corrected chi connectivity index (χ0v) is 14.2. The number of benzene rings is 1. The number of amides is 1. The fourth-order valence-corrected chi connectivity index (χ4v) is 3.41. The summed E-state index contributed by atoms with van der Waals surface area (Å²) in [5, 5.41) is 7.69. The van der Waals surface area contributed by atoms with Gasteiger partial charge in [0.05, 0.1) is 0 Å². The molecule has 3 rings (SSSR count). The first kappa shape index (κ1) is 16.1. The van der Waals surface area contributed by atoms with Crippen molar-refractivity contribution >= 4 is 16.8 Å². The second kappa shape index (κ2) is 7.18. The van der Waals surface area contributed by atoms with E-state index in [1.807, 2.05) is 0 Å². The summed E-state index contributed by atoms with van der Waals surface area (Å²) in [6.45, 7) is 7.04. The van der Waals surface area contributed by atoms with Gasteiger partial charge in [-0.3, -0.25) is 4.79 Å². The molecule has 0 unspecified atom stereocenters. The maximum Gasteiger partial charge on any atom is 0.220 e. The monoisotopic (exact) mass is 313 g/mol. The molecular weight excluding hydrogens is 286 g/mol. The van der Waals surface area contributed by atoms with Crippen molar-refractivity contribution in [3.8, 4) is 0 Å². The number of fused-ring (bicyclic) bond motifs is 1. The summed E-state index contributed by atoms with van der Waals surface area (Å²) < 4.78 is 0. The minimum atomic E-state index is 0.172. The van der Waals surface area contributed by atoms with E-state index in [2.05, 4.69) is 47.7 Å². The molecule has 0 spiro atoms. The van der Waals surface area contributed by atoms with Crippen LogP contribution in [0.5, 0.6) is 0 Å². The molecule has 1 aromatic heterocycles. The Morgan fingerprint density at radius 3 is 2.83 bits per heavy atom. The van der Waals surface area contributed by atoms with E-state index in [-0.39, 0.29) is 5.91 Å². The van der Waals surface area contributed by atoms with Crippen molar-refractivity contribution in [3.05, 3.63) is 35.0 Å². The van der Waals surface area contributed by atoms with Gasteiger partial charge in [0.1, 0.15) is 0 Å². The first-order chi connectivity index (χ1) is 11.1. The van der Waals surface area contributed by atoms with E-state index in [1.165, 1.54) is 35.0 Å². The maximum absolute atomic E-state index is 12.1. The molecule has 1 fully saturated rings. The van der Waals surface area contributed by atoms with E-state index in [4.69, 9.17) is 0 Å². The summed E-state index contributed by atoms with van der Waals surface area (Å²) in [6.07, 6.45) is 4.07. The third-order valence-corrected chi connectivity index (χ3v) is 5.10. The Hall–Kier alpha value is -1.81. The number of carbonyl (C=O) groups is 1. The lowest BCUT2D eigenvalue weighted by atomic mass is 9.93. The number of nitrogens with one attached hydrogen (secondary N) is 3. The van der Waals surface area contributed by atoms with Crippen molar-refractivity contribution in [2.24, 2.45) is 5.92 Å². The lowest BCUT2D eigenvalue weighted by molar-refractivity contribution is -0.121. The van der Waals surface area contributed by atoms with Crippen molar-refractivity contribution in [2.45, 2.75) is 46.1 Å². The van der Waals surface area contributed by atoms with Crippen LogP contribution in [-0.4, -0.2) is 24.0 Å². The molecule has 3 N–H and O–H groups in total. The van der Waals surface area contributed by atoms with Gasteiger partial charge in [0.2, 0.25) is 5.91 Å². The number of aromatic nitrogens is 1. The first-order valence-corrected chi connectivity index (χ1v) is 8.68. The highest BCUT2D eigenvalue weighted by Crippen LogP contribution is 2.22. The minimum Gasteiger partial charge on any atom is -0.358 e. The number of H-pyrrole nitrogens is 1. The van der Waals surface area contributed by atoms with Crippen LogP contribution in [-0.2, 0) is 11.3 Å². The molecule has 124 valence electrons. The molecule has 0 saturated carbocycles. The van der Waals surface area contributed by atoms with Crippen LogP contribution in [0.4, 0.5) is 0 Å². The second-order valence-corrected chi connectivity index (χ2v) is 6.76. The van der Waals surface area contributed by atoms with Crippen molar-refractivity contribution in [1.29, 1.82) is 0 Å². The molecule has 4 nitrogen and oxygen atoms in total. The average molecular weight is 313 g/mol. The van der Waals surface area contributed by atoms with Crippen LogP contribution >= 0.6 is 0 Å². The summed E-state index contributed by atoms with van der Waals surface area (Å²) >= 11 is 0. The summed E-state index contributed by atoms with van der Waals surface area (Å²) in [5.74, 6) is 0.884. The topological polar surface area (TPSA) is 56.9 Å². The van der Waals surface area contributed by atoms with Gasteiger partial charge in [-0.1, -0.05) is 6.07 Å². The van der Waals surface area contributed by atoms with Crippen molar-refractivity contribution in [3.63, 3.8) is 0 Å². The Labute approximate surface area is 138 Å². The Bertz CT molecular complexity index is 683. The van der Waals surface area contributed by atoms with Gasteiger partial charge >= 0.3 is 0 Å². The van der Waals surface area contributed by atoms with E-state index < -0.39 is 0 Å². The van der Waals surface area contributed by atoms with Gasteiger partial charge in [0, 0.05) is 29.6 Å². The Morgan fingerprint density at radius 1 is 1.26 bits per heavy atom. The van der Waals surface area contributed by atoms with Crippen LogP contribution in [0.25, 0.3) is 10.9 Å². The molecule has 1 saturated heterocycles. The van der Waals surface area contributed by atoms with Crippen molar-refractivity contribution < 1.29 is 4.79 Å². The fourth-order valence-electron chi connectivity index (χ4n) is 3.41. The molecule has 23 heavy (non-hydrogen) atoms. The molecule has 2 heterocycles. The Kier molecular flexibility index (Phi) is 5.01. The minimum absolute atomic E-state index is 0.172. The van der Waals surface area contributed by atoms with Gasteiger partial charge in [0.25, 0.3) is 0 Å². The van der Waals surface area contributed by atoms with Crippen LogP contribution in [0.1, 0.15) is 42.5 Å². The van der Waals surface area contributed by atoms with Gasteiger partial charge in [-0.15, -0.1) is 0 Å². The number of rotatable bonds is 5. The van der Waals surface area contributed by atoms with E-state index in [0.29, 0.717) is 18.9 Å². The summed E-state index contributed by atoms with van der Waals surface area (Å²) in [5.41, 5.74) is 4.83. The first-order valence-electron chi connectivity index (χ1n) is 8.68. The quantitative estimate of drug-likeness (QED) is 0.794. The maximum atomic E-state index is 12.1. The lowest BCUT2D eigenvalue weighted by Crippen LogP contribution is -2.29. The number of hydrogen-bond acceptors (Lipinski definition) is 2. The predicted molar refractivity (Wildman–Crippen MR) is 94.4 cm³/mol. The predicted octanol–water partition coefficient (Wildman–Crippen LogP) is 3.18. The highest BCUT2D eigenvalue weighted by molar-refractivity contribution is 5.85. The van der Waals surface area contributed by atoms with Crippen LogP contribution in [0.15, 0.2) is 18.2 Å². The smallest absolute Gasteiger partial charge is 0.220 e. The molecule has 0 radical (unpaired) electrons. The zero-order chi connectivity index (χ0) is 16.2. The van der Waals surface area contributed by atoms with Crippen LogP contribution < -0.4 is 10.6 Å². The molecule has 0 bridgehead atoms.